The Kier molecular flexibility index (Phi) is 14.4. The molecule has 0 atom stereocenters. The molecule has 0 saturated carbocycles. The van der Waals surface area contributed by atoms with E-state index in [2.05, 4.69) is 44.0 Å². The summed E-state index contributed by atoms with van der Waals surface area (Å²) in [6.45, 7) is 8.79. The van der Waals surface area contributed by atoms with Gasteiger partial charge in [0.15, 0.2) is 6.29 Å². The number of anilines is 2. The van der Waals surface area contributed by atoms with Gasteiger partial charge in [0.25, 0.3) is 11.8 Å². The van der Waals surface area contributed by atoms with E-state index < -0.39 is 5.82 Å². The number of nitrogens with zero attached hydrogens (tertiary/aromatic N) is 7. The molecule has 6 aromatic carbocycles. The minimum absolute atomic E-state index is 0.000327. The summed E-state index contributed by atoms with van der Waals surface area (Å²) in [4.78, 5) is 61.1. The Morgan fingerprint density at radius 3 is 1.51 bits per heavy atom. The summed E-state index contributed by atoms with van der Waals surface area (Å²) in [6.07, 6.45) is 0.673. The lowest BCUT2D eigenvalue weighted by atomic mass is 9.97. The molecule has 0 saturated heterocycles. The van der Waals surface area contributed by atoms with Gasteiger partial charge in [0.2, 0.25) is 11.9 Å². The normalized spacial score (nSPS) is 12.6. The summed E-state index contributed by atoms with van der Waals surface area (Å²) in [6, 6.07) is 35.4. The largest absolute Gasteiger partial charge is 0.368 e. The number of benzene rings is 6. The van der Waals surface area contributed by atoms with E-state index in [-0.39, 0.29) is 40.9 Å². The highest BCUT2D eigenvalue weighted by Gasteiger charge is 2.29. The molecule has 10 rings (SSSR count). The Morgan fingerprint density at radius 2 is 1.07 bits per heavy atom. The summed E-state index contributed by atoms with van der Waals surface area (Å²) >= 11 is 0. The van der Waals surface area contributed by atoms with Crippen LogP contribution in [-0.4, -0.2) is 79.9 Å². The summed E-state index contributed by atoms with van der Waals surface area (Å²) in [7, 11) is 3.95. The van der Waals surface area contributed by atoms with Crippen molar-refractivity contribution in [2.75, 3.05) is 38.7 Å². The van der Waals surface area contributed by atoms with E-state index in [1.54, 1.807) is 28.0 Å². The van der Waals surface area contributed by atoms with Crippen molar-refractivity contribution in [3.05, 3.63) is 178 Å². The molecule has 0 spiro atoms. The molecule has 0 fully saturated rings. The van der Waals surface area contributed by atoms with E-state index in [1.807, 2.05) is 86.9 Å². The van der Waals surface area contributed by atoms with Crippen molar-refractivity contribution < 1.29 is 23.2 Å². The molecule has 2 aromatic heterocycles. The maximum atomic E-state index is 14.2. The first-order chi connectivity index (χ1) is 33.4. The Balaban J connectivity index is 0.000000173. The summed E-state index contributed by atoms with van der Waals surface area (Å²) in [5, 5.41) is 4.03. The SMILES string of the molecule is CCN(C)Cc1ccc(F)cc1-c1ccc2nc(N)nc(C(=O)N3Cc4ccccc4C3)c2c1.CCNC.Nc1nc(C(=O)N2Cc3ccccc3C2)c2cc(-c3cc(F)ccc3C=O)ccc2n1. The zero-order valence-electron chi connectivity index (χ0n) is 38.8. The van der Waals surface area contributed by atoms with E-state index in [0.717, 1.165) is 52.0 Å². The van der Waals surface area contributed by atoms with E-state index in [0.29, 0.717) is 77.5 Å². The number of nitrogens with one attached hydrogen (secondary N) is 1. The lowest BCUT2D eigenvalue weighted by Crippen LogP contribution is -2.27. The molecule has 8 aromatic rings. The van der Waals surface area contributed by atoms with Gasteiger partial charge in [0.05, 0.1) is 11.0 Å². The van der Waals surface area contributed by atoms with E-state index >= 15 is 0 Å². The number of aromatic nitrogens is 4. The molecule has 5 N–H and O–H groups in total. The van der Waals surface area contributed by atoms with Crippen LogP contribution < -0.4 is 16.8 Å². The number of carbonyl (C=O) groups excluding carboxylic acids is 3. The lowest BCUT2D eigenvalue weighted by Gasteiger charge is -2.18. The number of amides is 2. The van der Waals surface area contributed by atoms with Gasteiger partial charge in [0.1, 0.15) is 23.0 Å². The number of carbonyl (C=O) groups is 3. The highest BCUT2D eigenvalue weighted by Crippen LogP contribution is 2.33. The van der Waals surface area contributed by atoms with Crippen molar-refractivity contribution in [2.45, 2.75) is 46.6 Å². The van der Waals surface area contributed by atoms with E-state index in [9.17, 15) is 23.2 Å². The summed E-state index contributed by atoms with van der Waals surface area (Å²) in [5.74, 6) is -1.17. The third-order valence-electron chi connectivity index (χ3n) is 12.3. The third-order valence-corrected chi connectivity index (χ3v) is 12.3. The minimum Gasteiger partial charge on any atom is -0.368 e. The fourth-order valence-corrected chi connectivity index (χ4v) is 8.45. The predicted molar refractivity (Wildman–Crippen MR) is 266 cm³/mol. The third kappa shape index (κ3) is 10.4. The second-order valence-electron chi connectivity index (χ2n) is 16.9. The average molecular weight is 927 g/mol. The second kappa shape index (κ2) is 20.9. The average Bonchev–Trinajstić information content (AvgIpc) is 4.01. The molecule has 0 unspecified atom stereocenters. The van der Waals surface area contributed by atoms with Gasteiger partial charge in [-0.1, -0.05) is 80.6 Å². The second-order valence-corrected chi connectivity index (χ2v) is 16.9. The summed E-state index contributed by atoms with van der Waals surface area (Å²) < 4.78 is 28.1. The number of nitrogens with two attached hydrogens (primary N) is 2. The van der Waals surface area contributed by atoms with Crippen LogP contribution in [0.3, 0.4) is 0 Å². The zero-order valence-corrected chi connectivity index (χ0v) is 38.8. The molecular formula is C54H52F2N10O3. The van der Waals surface area contributed by atoms with E-state index in [1.165, 1.54) is 30.3 Å². The number of rotatable bonds is 9. The maximum Gasteiger partial charge on any atom is 0.273 e. The van der Waals surface area contributed by atoms with Crippen molar-refractivity contribution in [3.8, 4) is 22.3 Å². The first-order valence-electron chi connectivity index (χ1n) is 22.6. The van der Waals surface area contributed by atoms with Crippen LogP contribution >= 0.6 is 0 Å². The quantitative estimate of drug-likeness (QED) is 0.118. The van der Waals surface area contributed by atoms with Gasteiger partial charge in [-0.3, -0.25) is 14.4 Å². The Hall–Kier alpha value is -8.01. The van der Waals surface area contributed by atoms with Crippen molar-refractivity contribution in [1.82, 2.24) is 40.0 Å². The van der Waals surface area contributed by atoms with Gasteiger partial charge in [-0.2, -0.15) is 0 Å². The molecule has 0 bridgehead atoms. The van der Waals surface area contributed by atoms with Gasteiger partial charge in [0, 0.05) is 49.1 Å². The van der Waals surface area contributed by atoms with Crippen molar-refractivity contribution in [1.29, 1.82) is 0 Å². The topological polar surface area (TPSA) is 177 Å². The highest BCUT2D eigenvalue weighted by molar-refractivity contribution is 6.07. The molecule has 15 heteroatoms. The van der Waals surface area contributed by atoms with Gasteiger partial charge in [-0.15, -0.1) is 0 Å². The summed E-state index contributed by atoms with van der Waals surface area (Å²) in [5.41, 5.74) is 21.8. The molecule has 2 aliphatic rings. The molecule has 0 radical (unpaired) electrons. The molecular weight excluding hydrogens is 875 g/mol. The fourth-order valence-electron chi connectivity index (χ4n) is 8.45. The number of halogens is 2. The van der Waals surface area contributed by atoms with Crippen LogP contribution in [0.25, 0.3) is 44.1 Å². The van der Waals surface area contributed by atoms with Crippen LogP contribution in [0.2, 0.25) is 0 Å². The van der Waals surface area contributed by atoms with Gasteiger partial charge in [-0.05, 0) is 132 Å². The van der Waals surface area contributed by atoms with Crippen LogP contribution in [0.4, 0.5) is 20.7 Å². The highest BCUT2D eigenvalue weighted by atomic mass is 19.1. The van der Waals surface area contributed by atoms with Gasteiger partial charge < -0.3 is 31.5 Å². The Morgan fingerprint density at radius 1 is 0.638 bits per heavy atom. The monoisotopic (exact) mass is 926 g/mol. The number of hydrogen-bond donors (Lipinski definition) is 3. The number of aldehydes is 1. The van der Waals surface area contributed by atoms with Crippen molar-refractivity contribution in [2.24, 2.45) is 0 Å². The zero-order chi connectivity index (χ0) is 48.8. The number of nitrogen functional groups attached to an aromatic ring is 2. The lowest BCUT2D eigenvalue weighted by molar-refractivity contribution is 0.0741. The fraction of sp³-hybridized carbons (Fsp3) is 0.204. The molecule has 2 aliphatic heterocycles. The van der Waals surface area contributed by atoms with Crippen LogP contribution in [0.15, 0.2) is 121 Å². The van der Waals surface area contributed by atoms with Crippen LogP contribution in [0.5, 0.6) is 0 Å². The van der Waals surface area contributed by atoms with E-state index in [4.69, 9.17) is 11.5 Å². The minimum atomic E-state index is -0.458. The first kappa shape index (κ1) is 47.5. The van der Waals surface area contributed by atoms with Crippen molar-refractivity contribution in [3.63, 3.8) is 0 Å². The van der Waals surface area contributed by atoms with Crippen LogP contribution in [0.1, 0.15) is 73.0 Å². The smallest absolute Gasteiger partial charge is 0.273 e. The standard InChI is InChI=1S/C27H26FN5O.C24H17FN4O2.C3H9N/c1-3-32(2)14-20-8-10-21(28)13-22(20)17-9-11-24-23(12-17)25(31-27(29)30-24)26(34)33-15-18-6-4-5-7-19(18)16-33;25-18-7-5-17(13-30)19(10-18)14-6-8-21-20(9-14)22(28-24(26)27-21)23(31)29-11-15-3-1-2-4-16(15)12-29;1-3-4-2/h4-13H,3,14-16H2,1-2H3,(H2,29,30,31);1-10,13H,11-12H2,(H2,26,27,28);4H,3H2,1-2H3. The molecule has 0 aliphatic carbocycles. The van der Waals surface area contributed by atoms with Crippen LogP contribution in [-0.2, 0) is 32.7 Å². The predicted octanol–water partition coefficient (Wildman–Crippen LogP) is 8.84. The number of fused-ring (bicyclic) bond motifs is 4. The molecule has 2 amide bonds. The maximum absolute atomic E-state index is 14.2. The molecule has 350 valence electrons. The van der Waals surface area contributed by atoms with Crippen LogP contribution in [0, 0.1) is 11.6 Å². The van der Waals surface area contributed by atoms with Gasteiger partial charge in [-0.25, -0.2) is 28.7 Å². The number of hydrogen-bond acceptors (Lipinski definition) is 11. The molecule has 13 nitrogen and oxygen atoms in total. The Bertz CT molecular complexity index is 3190. The van der Waals surface area contributed by atoms with Gasteiger partial charge >= 0.3 is 0 Å². The van der Waals surface area contributed by atoms with Crippen molar-refractivity contribution >= 4 is 51.8 Å². The molecule has 69 heavy (non-hydrogen) atoms. The Labute approximate surface area is 398 Å². The molecule has 4 heterocycles. The first-order valence-corrected chi connectivity index (χ1v) is 22.6.